The Bertz CT molecular complexity index is 1740. The smallest absolute Gasteiger partial charge is 0.0594 e. The molecule has 0 aliphatic carbocycles. The Labute approximate surface area is 642 Å². The molecule has 0 unspecified atom stereocenters. The van der Waals surface area contributed by atoms with Crippen molar-refractivity contribution in [1.29, 1.82) is 0 Å². The van der Waals surface area contributed by atoms with E-state index in [1.165, 1.54) is 14.1 Å². The molecule has 0 atom stereocenters. The van der Waals surface area contributed by atoms with Gasteiger partial charge in [0.2, 0.25) is 0 Å². The molecule has 0 aromatic carbocycles. The van der Waals surface area contributed by atoms with Gasteiger partial charge in [0.1, 0.15) is 0 Å². The van der Waals surface area contributed by atoms with E-state index in [0.717, 1.165) is 0 Å². The molecule has 0 aliphatic rings. The molecular weight excluding hydrogens is 997 g/mol. The van der Waals surface area contributed by atoms with Crippen LogP contribution in [0.15, 0.2) is 0 Å². The molecule has 0 heterocycles. The topological polar surface area (TPSA) is 0 Å². The van der Waals surface area contributed by atoms with Crippen LogP contribution in [0.3, 0.4) is 0 Å². The zero-order valence-electron chi connectivity index (χ0n) is 72.8. The van der Waals surface area contributed by atoms with Crippen molar-refractivity contribution in [2.45, 2.75) is 13.6 Å². The molecule has 0 N–H and O–H groups in total. The molecule has 374 valence electrons. The highest BCUT2D eigenvalue weighted by atomic mass is 13.5. The summed E-state index contributed by atoms with van der Waals surface area (Å²) < 4.78 is 0. The Morgan fingerprint density at radius 3 is 0.511 bits per heavy atom. The summed E-state index contributed by atoms with van der Waals surface area (Å²) >= 11 is 0. The highest BCUT2D eigenvalue weighted by molar-refractivity contribution is 8.38. The maximum atomic E-state index is 3.14. The standard InChI is InChI=1S/C2H96B90/c1-49(75(86(71(45)47-3)77(53(9)10)54(11)12)90(80(59(21)22)60(23)24)81(61(25)26)62(27)28)74(89(87(72(46)51(5)6)78(55(13)14)56(15)16)92(84(67(37)38)68(39)40)85(69(41)42)70(43)44)50(2)76(88(73(48-4)52(7)8)79(57(17)18)58(19)20)91(82(63(29)30)64(31)32)83(65(33)34)66(35)36/h47-48H,3-46H2,1-2H3. The van der Waals surface area contributed by atoms with Crippen molar-refractivity contribution in [3.8, 4) is 0 Å². The first-order chi connectivity index (χ1) is 42.0. The third-order valence-electron chi connectivity index (χ3n) is 28.2. The average Bonchev–Trinajstić information content (AvgIpc) is 0.733. The van der Waals surface area contributed by atoms with Crippen molar-refractivity contribution < 1.29 is 0 Å². The Morgan fingerprint density at radius 1 is 0.152 bits per heavy atom. The van der Waals surface area contributed by atoms with Crippen LogP contribution in [0.2, 0.25) is 13.6 Å². The molecule has 0 radical (unpaired) electrons. The molecule has 0 nitrogen and oxygen atoms in total. The average molecular weight is 1090 g/mol. The van der Waals surface area contributed by atoms with E-state index >= 15 is 0 Å². The normalized spacial score (nSPS) is 9.80. The number of hydrogen-bond donors (Lipinski definition) is 0. The molecule has 0 spiro atoms. The summed E-state index contributed by atoms with van der Waals surface area (Å²) in [7, 11) is 122. The third kappa shape index (κ3) is 26.1. The minimum Gasteiger partial charge on any atom is -0.101 e. The van der Waals surface area contributed by atoms with E-state index in [4.69, 9.17) is 0 Å². The molecule has 0 amide bonds. The maximum absolute atomic E-state index is 3.14. The predicted molar refractivity (Wildman–Crippen MR) is 655 cm³/mol. The van der Waals surface area contributed by atoms with E-state index < -0.39 is 0 Å². The van der Waals surface area contributed by atoms with Crippen LogP contribution >= 0.6 is 0 Å². The van der Waals surface area contributed by atoms with Gasteiger partial charge in [0, 0.05) is 295 Å². The maximum Gasteiger partial charge on any atom is 0.0594 e. The van der Waals surface area contributed by atoms with E-state index in [-0.39, 0.29) is 0 Å². The molecule has 0 fully saturated rings. The summed E-state index contributed by atoms with van der Waals surface area (Å²) in [5, 5.41) is 0. The molecule has 0 rings (SSSR count). The van der Waals surface area contributed by atoms with E-state index in [1.54, 1.807) is 0 Å². The number of rotatable bonds is 45. The Hall–Kier alpha value is 5.84. The highest BCUT2D eigenvalue weighted by Gasteiger charge is 2.65. The summed E-state index contributed by atoms with van der Waals surface area (Å²) in [5.41, 5.74) is 0. The molecular formula is C2H96B90. The molecule has 0 saturated heterocycles. The van der Waals surface area contributed by atoms with E-state index in [2.05, 4.69) is 354 Å². The van der Waals surface area contributed by atoms with Gasteiger partial charge in [0.05, 0.1) is 340 Å². The van der Waals surface area contributed by atoms with Gasteiger partial charge in [-0.1, -0.05) is 0 Å². The van der Waals surface area contributed by atoms with Crippen molar-refractivity contribution in [3.63, 3.8) is 0 Å². The van der Waals surface area contributed by atoms with Gasteiger partial charge in [-0.05, 0) is 0 Å². The molecule has 0 aromatic rings. The second kappa shape index (κ2) is 45.5. The Kier molecular flexibility index (Phi) is 48.4. The minimum atomic E-state index is 0.479. The lowest BCUT2D eigenvalue weighted by atomic mass is 8.24. The summed E-state index contributed by atoms with van der Waals surface area (Å²) in [4.78, 5) is 0. The fraction of sp³-hybridized carbons (Fsp3) is 1.00. The monoisotopic (exact) mass is 1110 g/mol. The summed E-state index contributed by atoms with van der Waals surface area (Å²) in [6, 6.07) is 0. The molecule has 0 bridgehead atoms. The first-order valence-corrected chi connectivity index (χ1v) is 42.0. The second-order valence-electron chi connectivity index (χ2n) is 40.9. The van der Waals surface area contributed by atoms with Crippen molar-refractivity contribution in [3.05, 3.63) is 0 Å². The minimum absolute atomic E-state index is 0.479. The largest absolute Gasteiger partial charge is 0.101 e. The summed E-state index contributed by atoms with van der Waals surface area (Å²) in [5.74, 6) is 0. The van der Waals surface area contributed by atoms with Crippen molar-refractivity contribution in [2.75, 3.05) is 0 Å². The van der Waals surface area contributed by atoms with Crippen LogP contribution in [0.25, 0.3) is 0 Å². The van der Waals surface area contributed by atoms with Gasteiger partial charge in [-0.3, -0.25) is 0 Å². The van der Waals surface area contributed by atoms with Crippen LogP contribution in [0, 0.1) is 0 Å². The van der Waals surface area contributed by atoms with Gasteiger partial charge in [-0.15, -0.1) is 13.6 Å². The molecule has 0 saturated carbocycles. The van der Waals surface area contributed by atoms with Crippen molar-refractivity contribution in [2.24, 2.45) is 0 Å². The fourth-order valence-electron chi connectivity index (χ4n) is 26.3. The van der Waals surface area contributed by atoms with Gasteiger partial charge < -0.3 is 0 Å². The molecule has 90 heteroatoms. The van der Waals surface area contributed by atoms with Gasteiger partial charge in [0.25, 0.3) is 0 Å². The highest BCUT2D eigenvalue weighted by Crippen LogP contribution is 2.27. The third-order valence-corrected chi connectivity index (χ3v) is 28.2. The van der Waals surface area contributed by atoms with Crippen LogP contribution in [-0.4, -0.2) is 636 Å². The lowest BCUT2D eigenvalue weighted by Gasteiger charge is -2.58. The van der Waals surface area contributed by atoms with Crippen LogP contribution in [-0.2, 0) is 0 Å². The van der Waals surface area contributed by atoms with E-state index in [0.29, 0.717) is 281 Å². The van der Waals surface area contributed by atoms with Gasteiger partial charge in [-0.25, -0.2) is 0 Å². The van der Waals surface area contributed by atoms with Crippen LogP contribution < -0.4 is 0 Å². The predicted octanol–water partition coefficient (Wildman–Crippen LogP) is -57.2. The summed E-state index contributed by atoms with van der Waals surface area (Å²) in [6.07, 6.45) is 24.6. The van der Waals surface area contributed by atoms with Crippen LogP contribution in [0.1, 0.15) is 0 Å². The quantitative estimate of drug-likeness (QED) is 0.0533. The van der Waals surface area contributed by atoms with Crippen LogP contribution in [0.5, 0.6) is 0 Å². The SMILES string of the molecule is BBB(B)B(B(B(B)B)B(B)B)B(B(C)B(B(C)B(B(B(BB)B(B)B)B(B(B)B)B(B)B)B(B(B(B)B)B(B)B)B(B(B)B)B(B)B)B(B(B(B)B(B)B)B(B(B)B)B(B)B)B(B(B(B)B)B(B)B)B(B(B)B)B(B)B)B(B(B(B)B)B(B)B)B(B(B)B)B(B)B. The van der Waals surface area contributed by atoms with Crippen molar-refractivity contribution in [1.82, 2.24) is 0 Å². The van der Waals surface area contributed by atoms with E-state index in [9.17, 15) is 0 Å². The number of hydrogen-bond acceptors (Lipinski definition) is 0. The first kappa shape index (κ1) is 97.8. The van der Waals surface area contributed by atoms with Gasteiger partial charge in [-0.2, -0.15) is 0 Å². The Morgan fingerprint density at radius 2 is 0.326 bits per heavy atom. The van der Waals surface area contributed by atoms with Crippen LogP contribution in [0.4, 0.5) is 0 Å². The lowest BCUT2D eigenvalue weighted by molar-refractivity contribution is 2.29. The van der Waals surface area contributed by atoms with Gasteiger partial charge >= 0.3 is 0 Å². The molecule has 0 aromatic heterocycles. The summed E-state index contributed by atoms with van der Waals surface area (Å²) in [6.45, 7) is 7.24. The first-order valence-electron chi connectivity index (χ1n) is 42.0. The Balaban J connectivity index is 12.8. The second-order valence-corrected chi connectivity index (χ2v) is 40.9. The van der Waals surface area contributed by atoms with Gasteiger partial charge in [0.15, 0.2) is 0 Å². The van der Waals surface area contributed by atoms with E-state index in [1.807, 2.05) is 0 Å². The fourth-order valence-corrected chi connectivity index (χ4v) is 26.3. The lowest BCUT2D eigenvalue weighted by Crippen LogP contribution is -2.96. The molecule has 0 aliphatic heterocycles. The zero-order valence-corrected chi connectivity index (χ0v) is 72.8. The van der Waals surface area contributed by atoms with Crippen molar-refractivity contribution >= 4 is 636 Å². The molecule has 92 heavy (non-hydrogen) atoms. The zero-order chi connectivity index (χ0) is 72.8.